The molecule has 3 fully saturated rings. The van der Waals surface area contributed by atoms with Gasteiger partial charge in [-0.3, -0.25) is 14.5 Å². The number of carbonyl (C=O) groups excluding carboxylic acids is 2. The van der Waals surface area contributed by atoms with Gasteiger partial charge in [0, 0.05) is 6.04 Å². The van der Waals surface area contributed by atoms with Gasteiger partial charge in [0.2, 0.25) is 5.91 Å². The average molecular weight is 333 g/mol. The van der Waals surface area contributed by atoms with E-state index in [1.807, 2.05) is 4.90 Å². The van der Waals surface area contributed by atoms with Crippen molar-refractivity contribution >= 4 is 11.9 Å². The molecule has 0 bridgehead atoms. The summed E-state index contributed by atoms with van der Waals surface area (Å²) in [7, 11) is 1.41. The molecule has 132 valence electrons. The van der Waals surface area contributed by atoms with Gasteiger partial charge < -0.3 is 10.1 Å². The van der Waals surface area contributed by atoms with Crippen LogP contribution in [0.3, 0.4) is 0 Å². The smallest absolute Gasteiger partial charge is 0.323 e. The summed E-state index contributed by atoms with van der Waals surface area (Å²) >= 11 is 0. The summed E-state index contributed by atoms with van der Waals surface area (Å²) in [6.45, 7) is 0.185. The zero-order valence-electron chi connectivity index (χ0n) is 14.4. The van der Waals surface area contributed by atoms with E-state index in [-0.39, 0.29) is 30.5 Å². The molecule has 1 N–H and O–H groups in total. The average Bonchev–Trinajstić information content (AvgIpc) is 3.20. The Hall–Kier alpha value is -1.61. The zero-order valence-corrected chi connectivity index (χ0v) is 14.4. The summed E-state index contributed by atoms with van der Waals surface area (Å²) in [5.74, 6) is 0.0960. The maximum Gasteiger partial charge on any atom is 0.323 e. The minimum atomic E-state index is -0.705. The third-order valence-electron chi connectivity index (χ3n) is 6.07. The highest BCUT2D eigenvalue weighted by Crippen LogP contribution is 2.40. The fourth-order valence-electron chi connectivity index (χ4n) is 4.86. The molecule has 3 rings (SSSR count). The minimum Gasteiger partial charge on any atom is -0.468 e. The second-order valence-corrected chi connectivity index (χ2v) is 7.51. The Morgan fingerprint density at radius 3 is 2.62 bits per heavy atom. The number of fused-ring (bicyclic) bond motifs is 1. The Morgan fingerprint density at radius 1 is 1.25 bits per heavy atom. The quantitative estimate of drug-likeness (QED) is 0.793. The van der Waals surface area contributed by atoms with Crippen LogP contribution in [0.1, 0.15) is 57.8 Å². The lowest BCUT2D eigenvalue weighted by Gasteiger charge is -2.33. The van der Waals surface area contributed by atoms with E-state index in [9.17, 15) is 14.9 Å². The topological polar surface area (TPSA) is 82.4 Å². The number of likely N-dealkylation sites (tertiary alicyclic amines) is 1. The first-order chi connectivity index (χ1) is 11.6. The Kier molecular flexibility index (Phi) is 5.09. The number of amides is 1. The number of methoxy groups -OCH3 is 1. The van der Waals surface area contributed by atoms with Crippen molar-refractivity contribution in [2.45, 2.75) is 75.4 Å². The number of esters is 1. The van der Waals surface area contributed by atoms with E-state index in [1.54, 1.807) is 0 Å². The molecule has 1 heterocycles. The SMILES string of the molecule is COC(=O)[C@@H]1C[C@@H]2CCCC[C@@H]2N1CC(=O)NC1(C#N)CCCC1. The van der Waals surface area contributed by atoms with Crippen LogP contribution in [0.4, 0.5) is 0 Å². The van der Waals surface area contributed by atoms with Gasteiger partial charge in [-0.15, -0.1) is 0 Å². The van der Waals surface area contributed by atoms with Crippen molar-refractivity contribution in [3.8, 4) is 6.07 Å². The van der Waals surface area contributed by atoms with Crippen LogP contribution in [-0.2, 0) is 14.3 Å². The fraction of sp³-hybridized carbons (Fsp3) is 0.833. The summed E-state index contributed by atoms with van der Waals surface area (Å²) < 4.78 is 4.96. The van der Waals surface area contributed by atoms with Crippen LogP contribution in [0.2, 0.25) is 0 Å². The maximum absolute atomic E-state index is 12.6. The molecule has 0 radical (unpaired) electrons. The van der Waals surface area contributed by atoms with E-state index in [4.69, 9.17) is 4.74 Å². The third-order valence-corrected chi connectivity index (χ3v) is 6.07. The van der Waals surface area contributed by atoms with Crippen LogP contribution in [0.15, 0.2) is 0 Å². The number of nitriles is 1. The molecule has 1 aliphatic heterocycles. The van der Waals surface area contributed by atoms with Crippen molar-refractivity contribution < 1.29 is 14.3 Å². The fourth-order valence-corrected chi connectivity index (χ4v) is 4.86. The highest BCUT2D eigenvalue weighted by Gasteiger charge is 2.46. The van der Waals surface area contributed by atoms with E-state index >= 15 is 0 Å². The van der Waals surface area contributed by atoms with Crippen molar-refractivity contribution in [2.75, 3.05) is 13.7 Å². The van der Waals surface area contributed by atoms with E-state index in [0.717, 1.165) is 51.4 Å². The molecule has 1 saturated heterocycles. The van der Waals surface area contributed by atoms with Crippen molar-refractivity contribution in [1.29, 1.82) is 5.26 Å². The molecule has 0 aromatic heterocycles. The molecule has 6 nitrogen and oxygen atoms in total. The predicted octanol–water partition coefficient (Wildman–Crippen LogP) is 1.75. The van der Waals surface area contributed by atoms with E-state index in [0.29, 0.717) is 5.92 Å². The zero-order chi connectivity index (χ0) is 17.2. The highest BCUT2D eigenvalue weighted by molar-refractivity contribution is 5.82. The molecule has 24 heavy (non-hydrogen) atoms. The number of rotatable bonds is 4. The maximum atomic E-state index is 12.6. The van der Waals surface area contributed by atoms with Crippen LogP contribution in [0, 0.1) is 17.2 Å². The van der Waals surface area contributed by atoms with E-state index in [2.05, 4.69) is 11.4 Å². The first kappa shape index (κ1) is 17.2. The summed E-state index contributed by atoms with van der Waals surface area (Å²) in [6, 6.07) is 2.26. The van der Waals surface area contributed by atoms with Crippen molar-refractivity contribution in [1.82, 2.24) is 10.2 Å². The lowest BCUT2D eigenvalue weighted by Crippen LogP contribution is -2.52. The number of carbonyl (C=O) groups is 2. The van der Waals surface area contributed by atoms with Crippen molar-refractivity contribution in [2.24, 2.45) is 5.92 Å². The van der Waals surface area contributed by atoms with E-state index < -0.39 is 5.54 Å². The number of nitrogens with one attached hydrogen (secondary N) is 1. The Balaban J connectivity index is 1.69. The summed E-state index contributed by atoms with van der Waals surface area (Å²) in [4.78, 5) is 26.8. The molecule has 0 spiro atoms. The number of nitrogens with zero attached hydrogens (tertiary/aromatic N) is 2. The van der Waals surface area contributed by atoms with Gasteiger partial charge in [-0.2, -0.15) is 5.26 Å². The van der Waals surface area contributed by atoms with Crippen LogP contribution >= 0.6 is 0 Å². The van der Waals surface area contributed by atoms with Crippen LogP contribution in [0.5, 0.6) is 0 Å². The van der Waals surface area contributed by atoms with Gasteiger partial charge in [-0.1, -0.05) is 12.8 Å². The molecule has 2 aliphatic carbocycles. The molecule has 1 amide bonds. The molecule has 0 unspecified atom stereocenters. The van der Waals surface area contributed by atoms with Gasteiger partial charge in [0.25, 0.3) is 0 Å². The lowest BCUT2D eigenvalue weighted by molar-refractivity contribution is -0.146. The predicted molar refractivity (Wildman–Crippen MR) is 87.8 cm³/mol. The second kappa shape index (κ2) is 7.10. The normalized spacial score (nSPS) is 31.9. The lowest BCUT2D eigenvalue weighted by atomic mass is 9.85. The monoisotopic (exact) mass is 333 g/mol. The molecule has 0 aromatic rings. The molecule has 3 aliphatic rings. The number of ether oxygens (including phenoxy) is 1. The van der Waals surface area contributed by atoms with Crippen molar-refractivity contribution in [3.63, 3.8) is 0 Å². The van der Waals surface area contributed by atoms with Crippen LogP contribution in [0.25, 0.3) is 0 Å². The molecule has 2 saturated carbocycles. The molecule has 6 heteroatoms. The standard InChI is InChI=1S/C18H27N3O3/c1-24-17(23)15-10-13-6-2-3-7-14(13)21(15)11-16(22)20-18(12-19)8-4-5-9-18/h13-15H,2-11H2,1H3,(H,20,22)/t13-,14-,15-/m0/s1. The van der Waals surface area contributed by atoms with Crippen LogP contribution in [-0.4, -0.2) is 48.1 Å². The summed E-state index contributed by atoms with van der Waals surface area (Å²) in [6.07, 6.45) is 8.70. The Labute approximate surface area is 143 Å². The number of hydrogen-bond donors (Lipinski definition) is 1. The summed E-state index contributed by atoms with van der Waals surface area (Å²) in [5.41, 5.74) is -0.705. The van der Waals surface area contributed by atoms with Crippen LogP contribution < -0.4 is 5.32 Å². The van der Waals surface area contributed by atoms with Gasteiger partial charge in [0.15, 0.2) is 0 Å². The van der Waals surface area contributed by atoms with E-state index in [1.165, 1.54) is 13.5 Å². The first-order valence-electron chi connectivity index (χ1n) is 9.14. The first-order valence-corrected chi connectivity index (χ1v) is 9.14. The second-order valence-electron chi connectivity index (χ2n) is 7.51. The largest absolute Gasteiger partial charge is 0.468 e. The minimum absolute atomic E-state index is 0.140. The van der Waals surface area contributed by atoms with Gasteiger partial charge in [-0.25, -0.2) is 0 Å². The highest BCUT2D eigenvalue weighted by atomic mass is 16.5. The van der Waals surface area contributed by atoms with Gasteiger partial charge >= 0.3 is 5.97 Å². The third kappa shape index (κ3) is 3.27. The molecule has 3 atom stereocenters. The van der Waals surface area contributed by atoms with Gasteiger partial charge in [0.1, 0.15) is 11.6 Å². The van der Waals surface area contributed by atoms with Crippen molar-refractivity contribution in [3.05, 3.63) is 0 Å². The molecule has 0 aromatic carbocycles. The molecular formula is C18H27N3O3. The Morgan fingerprint density at radius 2 is 1.96 bits per heavy atom. The van der Waals surface area contributed by atoms with Gasteiger partial charge in [-0.05, 0) is 50.9 Å². The molecular weight excluding hydrogens is 306 g/mol. The number of hydrogen-bond acceptors (Lipinski definition) is 5. The van der Waals surface area contributed by atoms with Gasteiger partial charge in [0.05, 0.1) is 19.7 Å². The Bertz CT molecular complexity index is 536. The summed E-state index contributed by atoms with van der Waals surface area (Å²) in [5, 5.41) is 12.4.